The van der Waals surface area contributed by atoms with Crippen LogP contribution in [-0.2, 0) is 0 Å². The number of hydrogen-bond acceptors (Lipinski definition) is 5. The molecule has 5 rings (SSSR count). The van der Waals surface area contributed by atoms with Gasteiger partial charge in [-0.25, -0.2) is 4.39 Å². The lowest BCUT2D eigenvalue weighted by Crippen LogP contribution is -2.32. The Balaban J connectivity index is 1.27. The zero-order valence-electron chi connectivity index (χ0n) is 21.0. The highest BCUT2D eigenvalue weighted by Crippen LogP contribution is 2.28. The minimum atomic E-state index is -0.238. The molecule has 1 saturated heterocycles. The summed E-state index contributed by atoms with van der Waals surface area (Å²) in [4.78, 5) is 28.2. The molecule has 0 radical (unpaired) electrons. The maximum atomic E-state index is 13.6. The second-order valence-electron chi connectivity index (χ2n) is 9.63. The van der Waals surface area contributed by atoms with Crippen LogP contribution in [0.15, 0.2) is 82.0 Å². The largest absolute Gasteiger partial charge is 0.455 e. The van der Waals surface area contributed by atoms with Gasteiger partial charge in [-0.3, -0.25) is 20.4 Å². The van der Waals surface area contributed by atoms with Gasteiger partial charge in [-0.2, -0.15) is 0 Å². The van der Waals surface area contributed by atoms with Crippen LogP contribution in [0.1, 0.15) is 46.8 Å². The first-order valence-corrected chi connectivity index (χ1v) is 12.6. The monoisotopic (exact) mass is 499 g/mol. The summed E-state index contributed by atoms with van der Waals surface area (Å²) < 4.78 is 19.8. The summed E-state index contributed by atoms with van der Waals surface area (Å²) in [5, 5.41) is 0.404. The van der Waals surface area contributed by atoms with Gasteiger partial charge in [0.15, 0.2) is 11.0 Å². The van der Waals surface area contributed by atoms with Crippen molar-refractivity contribution in [1.29, 1.82) is 0 Å². The average molecular weight is 500 g/mol. The molecular formula is C30H30FN3O3. The number of amides is 1. The van der Waals surface area contributed by atoms with Gasteiger partial charge in [0.2, 0.25) is 0 Å². The van der Waals surface area contributed by atoms with Crippen LogP contribution in [0.2, 0.25) is 0 Å². The number of nitrogens with zero attached hydrogens (tertiary/aromatic N) is 1. The average Bonchev–Trinajstić information content (AvgIpc) is 3.39. The molecule has 2 unspecified atom stereocenters. The van der Waals surface area contributed by atoms with Crippen LogP contribution in [-0.4, -0.2) is 30.4 Å². The maximum Gasteiger partial charge on any atom is 0.257 e. The molecule has 37 heavy (non-hydrogen) atoms. The standard InChI is InChI=1S/C30H30FN3O3/c1-19-27(35)24-14-7-15-25(29(24)37-28(19)20-9-4-3-5-10-20)30(36)34(2)16-8-13-23-18-26(33-32-23)21-11-6-12-22(31)17-21/h3-7,9-12,14-15,17,23,26,32-33H,8,13,16,18H2,1-2H3. The van der Waals surface area contributed by atoms with Crippen LogP contribution >= 0.6 is 0 Å². The van der Waals surface area contributed by atoms with Crippen LogP contribution in [0.25, 0.3) is 22.3 Å². The minimum absolute atomic E-state index is 0.0564. The highest BCUT2D eigenvalue weighted by molar-refractivity contribution is 6.05. The van der Waals surface area contributed by atoms with Crippen molar-refractivity contribution in [3.8, 4) is 11.3 Å². The number of nitrogens with one attached hydrogen (secondary N) is 2. The van der Waals surface area contributed by atoms with Gasteiger partial charge in [-0.05, 0) is 56.0 Å². The van der Waals surface area contributed by atoms with E-state index in [0.717, 1.165) is 30.4 Å². The SMILES string of the molecule is Cc1c(-c2ccccc2)oc2c(C(=O)N(C)CCCC3CC(c4cccc(F)c4)NN3)cccc2c1=O. The molecule has 1 amide bonds. The third kappa shape index (κ3) is 5.19. The molecule has 1 fully saturated rings. The van der Waals surface area contributed by atoms with E-state index in [0.29, 0.717) is 34.4 Å². The Morgan fingerprint density at radius 3 is 2.62 bits per heavy atom. The first-order valence-electron chi connectivity index (χ1n) is 12.6. The molecule has 0 aliphatic carbocycles. The van der Waals surface area contributed by atoms with Gasteiger partial charge in [-0.15, -0.1) is 0 Å². The quantitative estimate of drug-likeness (QED) is 0.358. The number of benzene rings is 3. The Bertz CT molecular complexity index is 1480. The third-order valence-corrected chi connectivity index (χ3v) is 7.04. The van der Waals surface area contributed by atoms with E-state index in [9.17, 15) is 14.0 Å². The normalized spacial score (nSPS) is 17.3. The summed E-state index contributed by atoms with van der Waals surface area (Å²) in [5.74, 6) is 0.0543. The van der Waals surface area contributed by atoms with Crippen LogP contribution in [0.4, 0.5) is 4.39 Å². The molecule has 190 valence electrons. The van der Waals surface area contributed by atoms with Crippen LogP contribution < -0.4 is 16.3 Å². The fourth-order valence-corrected chi connectivity index (χ4v) is 4.98. The molecule has 2 atom stereocenters. The van der Waals surface area contributed by atoms with Crippen molar-refractivity contribution in [3.63, 3.8) is 0 Å². The van der Waals surface area contributed by atoms with Crippen LogP contribution in [0, 0.1) is 12.7 Å². The van der Waals surface area contributed by atoms with Crippen molar-refractivity contribution in [2.45, 2.75) is 38.3 Å². The van der Waals surface area contributed by atoms with Crippen molar-refractivity contribution in [2.75, 3.05) is 13.6 Å². The number of carbonyl (C=O) groups is 1. The summed E-state index contributed by atoms with van der Waals surface area (Å²) in [7, 11) is 1.77. The van der Waals surface area contributed by atoms with Gasteiger partial charge in [0.1, 0.15) is 11.6 Å². The Hall–Kier alpha value is -3.81. The van der Waals surface area contributed by atoms with E-state index in [1.54, 1.807) is 49.2 Å². The van der Waals surface area contributed by atoms with Crippen LogP contribution in [0.3, 0.4) is 0 Å². The van der Waals surface area contributed by atoms with Crippen LogP contribution in [0.5, 0.6) is 0 Å². The van der Waals surface area contributed by atoms with Gasteiger partial charge in [0.25, 0.3) is 5.91 Å². The van der Waals surface area contributed by atoms with E-state index >= 15 is 0 Å². The first kappa shape index (κ1) is 24.9. The summed E-state index contributed by atoms with van der Waals surface area (Å²) in [5.41, 5.74) is 9.33. The molecule has 0 bridgehead atoms. The molecule has 0 spiro atoms. The predicted octanol–water partition coefficient (Wildman–Crippen LogP) is 5.37. The number of hydrogen-bond donors (Lipinski definition) is 2. The van der Waals surface area contributed by atoms with Gasteiger partial charge in [0.05, 0.1) is 10.9 Å². The summed E-state index contributed by atoms with van der Waals surface area (Å²) >= 11 is 0. The highest BCUT2D eigenvalue weighted by Gasteiger charge is 2.25. The molecule has 1 aliphatic heterocycles. The van der Waals surface area contributed by atoms with Gasteiger partial charge in [0, 0.05) is 36.8 Å². The minimum Gasteiger partial charge on any atom is -0.455 e. The van der Waals surface area contributed by atoms with Gasteiger partial charge >= 0.3 is 0 Å². The molecule has 7 heteroatoms. The van der Waals surface area contributed by atoms with Crippen molar-refractivity contribution >= 4 is 16.9 Å². The number of halogens is 1. The zero-order chi connectivity index (χ0) is 25.9. The first-order chi connectivity index (χ1) is 17.9. The van der Waals surface area contributed by atoms with Gasteiger partial charge < -0.3 is 9.32 Å². The number of para-hydroxylation sites is 1. The predicted molar refractivity (Wildman–Crippen MR) is 143 cm³/mol. The van der Waals surface area contributed by atoms with E-state index in [4.69, 9.17) is 4.42 Å². The second-order valence-corrected chi connectivity index (χ2v) is 9.63. The molecule has 2 N–H and O–H groups in total. The Morgan fingerprint density at radius 1 is 1.05 bits per heavy atom. The summed E-state index contributed by atoms with van der Waals surface area (Å²) in [6.07, 6.45) is 2.50. The third-order valence-electron chi connectivity index (χ3n) is 7.04. The Kier molecular flexibility index (Phi) is 7.17. The van der Waals surface area contributed by atoms with E-state index in [1.807, 2.05) is 36.4 Å². The van der Waals surface area contributed by atoms with Crippen molar-refractivity contribution in [3.05, 3.63) is 106 Å². The molecular weight excluding hydrogens is 469 g/mol. The smallest absolute Gasteiger partial charge is 0.257 e. The molecule has 4 aromatic rings. The van der Waals surface area contributed by atoms with Crippen molar-refractivity contribution < 1.29 is 13.6 Å². The molecule has 6 nitrogen and oxygen atoms in total. The lowest BCUT2D eigenvalue weighted by molar-refractivity contribution is 0.0792. The Morgan fingerprint density at radius 2 is 1.84 bits per heavy atom. The fourth-order valence-electron chi connectivity index (χ4n) is 4.98. The number of fused-ring (bicyclic) bond motifs is 1. The molecule has 1 aromatic heterocycles. The lowest BCUT2D eigenvalue weighted by Gasteiger charge is -2.19. The van der Waals surface area contributed by atoms with E-state index < -0.39 is 0 Å². The molecule has 0 saturated carbocycles. The fraction of sp³-hybridized carbons (Fsp3) is 0.267. The molecule has 3 aromatic carbocycles. The van der Waals surface area contributed by atoms with E-state index in [-0.39, 0.29) is 29.2 Å². The summed E-state index contributed by atoms with van der Waals surface area (Å²) in [6, 6.07) is 21.5. The number of hydrazine groups is 1. The highest BCUT2D eigenvalue weighted by atomic mass is 19.1. The second kappa shape index (κ2) is 10.7. The van der Waals surface area contributed by atoms with E-state index in [2.05, 4.69) is 10.9 Å². The number of carbonyl (C=O) groups excluding carboxylic acids is 1. The zero-order valence-corrected chi connectivity index (χ0v) is 21.0. The molecule has 2 heterocycles. The Labute approximate surface area is 215 Å². The van der Waals surface area contributed by atoms with Crippen molar-refractivity contribution in [2.24, 2.45) is 0 Å². The lowest BCUT2D eigenvalue weighted by atomic mass is 9.99. The molecule has 1 aliphatic rings. The topological polar surface area (TPSA) is 74.6 Å². The number of rotatable bonds is 7. The van der Waals surface area contributed by atoms with Crippen molar-refractivity contribution in [1.82, 2.24) is 15.8 Å². The van der Waals surface area contributed by atoms with Gasteiger partial charge in [-0.1, -0.05) is 48.5 Å². The maximum absolute atomic E-state index is 13.6. The summed E-state index contributed by atoms with van der Waals surface area (Å²) in [6.45, 7) is 2.30. The van der Waals surface area contributed by atoms with E-state index in [1.165, 1.54) is 6.07 Å².